The van der Waals surface area contributed by atoms with E-state index < -0.39 is 15.1 Å². The molecule has 0 bridgehead atoms. The Hall–Kier alpha value is -1.56. The quantitative estimate of drug-likeness (QED) is 0.850. The Morgan fingerprint density at radius 3 is 2.55 bits per heavy atom. The molecule has 0 amide bonds. The van der Waals surface area contributed by atoms with E-state index in [4.69, 9.17) is 9.47 Å². The van der Waals surface area contributed by atoms with Gasteiger partial charge in [-0.2, -0.15) is 0 Å². The summed E-state index contributed by atoms with van der Waals surface area (Å²) in [5, 5.41) is -0.746. The molecule has 1 unspecified atom stereocenters. The van der Waals surface area contributed by atoms with Crippen LogP contribution >= 0.6 is 0 Å². The molecule has 0 spiro atoms. The van der Waals surface area contributed by atoms with Crippen molar-refractivity contribution in [2.24, 2.45) is 0 Å². The molecule has 1 heterocycles. The molecule has 1 aromatic rings. The molecule has 5 nitrogen and oxygen atoms in total. The number of carbonyl (C=O) groups excluding carboxylic acids is 1. The van der Waals surface area contributed by atoms with E-state index >= 15 is 0 Å². The van der Waals surface area contributed by atoms with Gasteiger partial charge in [-0.1, -0.05) is 0 Å². The minimum absolute atomic E-state index is 0.0107. The fraction of sp³-hybridized carbons (Fsp3) is 0.500. The van der Waals surface area contributed by atoms with Gasteiger partial charge in [0.25, 0.3) is 0 Å². The Labute approximate surface area is 118 Å². The van der Waals surface area contributed by atoms with Gasteiger partial charge in [-0.25, -0.2) is 8.42 Å². The average molecular weight is 298 g/mol. The van der Waals surface area contributed by atoms with Crippen molar-refractivity contribution < 1.29 is 22.7 Å². The lowest BCUT2D eigenvalue weighted by molar-refractivity contribution is -0.116. The monoisotopic (exact) mass is 298 g/mol. The van der Waals surface area contributed by atoms with Crippen molar-refractivity contribution in [1.29, 1.82) is 0 Å². The minimum atomic E-state index is -3.54. The lowest BCUT2D eigenvalue weighted by atomic mass is 10.2. The van der Waals surface area contributed by atoms with Crippen LogP contribution in [-0.4, -0.2) is 32.7 Å². The molecule has 0 aliphatic carbocycles. The van der Waals surface area contributed by atoms with Crippen LogP contribution in [0.5, 0.6) is 11.5 Å². The van der Waals surface area contributed by atoms with Crippen LogP contribution in [0.2, 0.25) is 0 Å². The zero-order valence-electron chi connectivity index (χ0n) is 11.6. The molecule has 1 atom stereocenters. The summed E-state index contributed by atoms with van der Waals surface area (Å²) in [5.41, 5.74) is 0. The van der Waals surface area contributed by atoms with Crippen molar-refractivity contribution in [3.05, 3.63) is 18.2 Å². The summed E-state index contributed by atoms with van der Waals surface area (Å²) in [6, 6.07) is 4.58. The van der Waals surface area contributed by atoms with E-state index in [2.05, 4.69) is 0 Å². The van der Waals surface area contributed by atoms with Crippen molar-refractivity contribution in [1.82, 2.24) is 0 Å². The zero-order valence-corrected chi connectivity index (χ0v) is 12.4. The highest BCUT2D eigenvalue weighted by Gasteiger charge is 2.26. The van der Waals surface area contributed by atoms with Crippen molar-refractivity contribution in [3.8, 4) is 11.5 Å². The van der Waals surface area contributed by atoms with Gasteiger partial charge in [0.05, 0.1) is 23.4 Å². The van der Waals surface area contributed by atoms with Gasteiger partial charge in [-0.3, -0.25) is 4.79 Å². The first-order valence-corrected chi connectivity index (χ1v) is 8.09. The first-order chi connectivity index (χ1) is 9.41. The second kappa shape index (κ2) is 5.83. The van der Waals surface area contributed by atoms with E-state index in [9.17, 15) is 13.2 Å². The molecule has 0 radical (unpaired) electrons. The molecule has 0 saturated heterocycles. The van der Waals surface area contributed by atoms with Crippen LogP contribution in [0.1, 0.15) is 26.7 Å². The summed E-state index contributed by atoms with van der Waals surface area (Å²) in [6.07, 6.45) is 0.772. The maximum atomic E-state index is 12.4. The topological polar surface area (TPSA) is 69.7 Å². The van der Waals surface area contributed by atoms with Gasteiger partial charge < -0.3 is 9.47 Å². The third-order valence-electron chi connectivity index (χ3n) is 3.15. The zero-order chi connectivity index (χ0) is 14.8. The molecule has 1 aliphatic rings. The highest BCUT2D eigenvalue weighted by atomic mass is 32.2. The summed E-state index contributed by atoms with van der Waals surface area (Å²) in [6.45, 7) is 3.99. The van der Waals surface area contributed by atoms with E-state index in [1.165, 1.54) is 19.1 Å². The summed E-state index contributed by atoms with van der Waals surface area (Å²) >= 11 is 0. The van der Waals surface area contributed by atoms with Crippen LogP contribution in [0, 0.1) is 0 Å². The van der Waals surface area contributed by atoms with Crippen molar-refractivity contribution in [2.45, 2.75) is 36.8 Å². The molecule has 110 valence electrons. The number of ether oxygens (including phenoxy) is 2. The molecule has 6 heteroatoms. The predicted octanol–water partition coefficient (Wildman–Crippen LogP) is 1.99. The van der Waals surface area contributed by atoms with E-state index in [1.807, 2.05) is 0 Å². The first kappa shape index (κ1) is 14.8. The number of Topliss-reactive ketones (excluding diaryl/α,β-unsaturated/α-hetero) is 1. The van der Waals surface area contributed by atoms with E-state index in [1.54, 1.807) is 13.0 Å². The minimum Gasteiger partial charge on any atom is -0.490 e. The van der Waals surface area contributed by atoms with E-state index in [0.29, 0.717) is 24.7 Å². The standard InChI is InChI=1S/C14H18O5S/c1-10(15)8-11(2)20(16,17)12-4-5-13-14(9-12)19-7-3-6-18-13/h4-5,9,11H,3,6-8H2,1-2H3. The lowest BCUT2D eigenvalue weighted by Gasteiger charge is -2.13. The van der Waals surface area contributed by atoms with Crippen molar-refractivity contribution >= 4 is 15.6 Å². The molecule has 2 rings (SSSR count). The van der Waals surface area contributed by atoms with E-state index in [-0.39, 0.29) is 17.1 Å². The Balaban J connectivity index is 2.33. The summed E-state index contributed by atoms with van der Waals surface area (Å²) in [4.78, 5) is 11.3. The normalized spacial score (nSPS) is 16.3. The Kier molecular flexibility index (Phi) is 4.32. The molecule has 0 aromatic heterocycles. The molecule has 0 N–H and O–H groups in total. The maximum Gasteiger partial charge on any atom is 0.181 e. The third kappa shape index (κ3) is 3.12. The number of sulfone groups is 1. The van der Waals surface area contributed by atoms with Crippen LogP contribution in [0.25, 0.3) is 0 Å². The van der Waals surface area contributed by atoms with Crippen molar-refractivity contribution in [2.75, 3.05) is 13.2 Å². The van der Waals surface area contributed by atoms with Gasteiger partial charge in [-0.05, 0) is 26.0 Å². The molecule has 1 aromatic carbocycles. The van der Waals surface area contributed by atoms with E-state index in [0.717, 1.165) is 6.42 Å². The predicted molar refractivity (Wildman–Crippen MR) is 74.0 cm³/mol. The smallest absolute Gasteiger partial charge is 0.181 e. The van der Waals surface area contributed by atoms with Gasteiger partial charge in [0.2, 0.25) is 0 Å². The molecule has 1 aliphatic heterocycles. The molecule has 20 heavy (non-hydrogen) atoms. The summed E-state index contributed by atoms with van der Waals surface area (Å²) < 4.78 is 35.7. The second-order valence-corrected chi connectivity index (χ2v) is 7.29. The van der Waals surface area contributed by atoms with Crippen LogP contribution in [0.4, 0.5) is 0 Å². The highest BCUT2D eigenvalue weighted by molar-refractivity contribution is 7.92. The lowest BCUT2D eigenvalue weighted by Crippen LogP contribution is -2.20. The Morgan fingerprint density at radius 2 is 1.90 bits per heavy atom. The van der Waals surface area contributed by atoms with Gasteiger partial charge in [0.1, 0.15) is 5.78 Å². The SMILES string of the molecule is CC(=O)CC(C)S(=O)(=O)c1ccc2c(c1)OCCCO2. The van der Waals surface area contributed by atoms with Crippen LogP contribution < -0.4 is 9.47 Å². The average Bonchev–Trinajstić information content (AvgIpc) is 2.61. The van der Waals surface area contributed by atoms with Crippen molar-refractivity contribution in [3.63, 3.8) is 0 Å². The highest BCUT2D eigenvalue weighted by Crippen LogP contribution is 2.33. The van der Waals surface area contributed by atoms with Gasteiger partial charge >= 0.3 is 0 Å². The van der Waals surface area contributed by atoms with Gasteiger partial charge in [-0.15, -0.1) is 0 Å². The fourth-order valence-corrected chi connectivity index (χ4v) is 3.52. The molecular weight excluding hydrogens is 280 g/mol. The van der Waals surface area contributed by atoms with Crippen LogP contribution in [-0.2, 0) is 14.6 Å². The number of hydrogen-bond acceptors (Lipinski definition) is 5. The molecule has 0 saturated carbocycles. The Morgan fingerprint density at radius 1 is 1.25 bits per heavy atom. The summed E-state index contributed by atoms with van der Waals surface area (Å²) in [7, 11) is -3.54. The number of carbonyl (C=O) groups is 1. The van der Waals surface area contributed by atoms with Crippen LogP contribution in [0.15, 0.2) is 23.1 Å². The first-order valence-electron chi connectivity index (χ1n) is 6.54. The molecule has 0 fully saturated rings. The largest absolute Gasteiger partial charge is 0.490 e. The number of ketones is 1. The maximum absolute atomic E-state index is 12.4. The number of fused-ring (bicyclic) bond motifs is 1. The number of hydrogen-bond donors (Lipinski definition) is 0. The van der Waals surface area contributed by atoms with Gasteiger partial charge in [0.15, 0.2) is 21.3 Å². The Bertz CT molecular complexity index is 606. The number of benzene rings is 1. The third-order valence-corrected chi connectivity index (χ3v) is 5.29. The second-order valence-electron chi connectivity index (χ2n) is 4.92. The van der Waals surface area contributed by atoms with Crippen LogP contribution in [0.3, 0.4) is 0 Å². The fourth-order valence-electron chi connectivity index (χ4n) is 2.07. The molecular formula is C14H18O5S. The number of rotatable bonds is 4. The summed E-state index contributed by atoms with van der Waals surface area (Å²) in [5.74, 6) is 0.856. The van der Waals surface area contributed by atoms with Gasteiger partial charge in [0, 0.05) is 18.9 Å².